The van der Waals surface area contributed by atoms with Crippen LogP contribution in [0.25, 0.3) is 0 Å². The number of nitrogens with two attached hydrogens (primary N) is 1. The first-order chi connectivity index (χ1) is 28.8. The molecule has 0 aliphatic rings. The van der Waals surface area contributed by atoms with Gasteiger partial charge in [0.05, 0.1) is 37.9 Å². The van der Waals surface area contributed by atoms with Crippen LogP contribution in [0.1, 0.15) is 245 Å². The third kappa shape index (κ3) is 43.4. The van der Waals surface area contributed by atoms with E-state index in [4.69, 9.17) is 14.8 Å². The summed E-state index contributed by atoms with van der Waals surface area (Å²) in [5.74, 6) is -0.451. The van der Waals surface area contributed by atoms with Crippen LogP contribution in [0, 0.1) is 0 Å². The molecular formula is C49H97N2O7P. The highest BCUT2D eigenvalue weighted by atomic mass is 31.2. The van der Waals surface area contributed by atoms with Gasteiger partial charge < -0.3 is 26.2 Å². The van der Waals surface area contributed by atoms with Crippen LogP contribution in [0.3, 0.4) is 0 Å². The molecule has 0 aliphatic carbocycles. The summed E-state index contributed by atoms with van der Waals surface area (Å²) in [4.78, 5) is 22.8. The minimum atomic E-state index is -4.41. The fraction of sp³-hybridized carbons (Fsp3) is 0.898. The van der Waals surface area contributed by atoms with Gasteiger partial charge in [0.1, 0.15) is 0 Å². The van der Waals surface area contributed by atoms with E-state index >= 15 is 0 Å². The Balaban J connectivity index is 4.19. The average molecular weight is 857 g/mol. The number of amides is 1. The third-order valence-corrected chi connectivity index (χ3v) is 12.3. The molecule has 59 heavy (non-hydrogen) atoms. The van der Waals surface area contributed by atoms with Crippen LogP contribution in [-0.2, 0) is 18.4 Å². The van der Waals surface area contributed by atoms with E-state index in [1.54, 1.807) is 6.08 Å². The number of unbranched alkanes of at least 4 members (excludes halogenated alkanes) is 31. The normalized spacial score (nSPS) is 14.6. The maximum absolute atomic E-state index is 12.9. The molecule has 0 aromatic rings. The van der Waals surface area contributed by atoms with Crippen LogP contribution in [0.2, 0.25) is 0 Å². The van der Waals surface area contributed by atoms with Crippen molar-refractivity contribution in [2.75, 3.05) is 19.8 Å². The molecule has 0 radical (unpaired) electrons. The Morgan fingerprint density at radius 2 is 0.966 bits per heavy atom. The number of carbonyl (C=O) groups excluding carboxylic acids is 1. The first-order valence-electron chi connectivity index (χ1n) is 25.0. The van der Waals surface area contributed by atoms with E-state index in [2.05, 4.69) is 31.3 Å². The molecule has 0 aliphatic heterocycles. The van der Waals surface area contributed by atoms with E-state index in [-0.39, 0.29) is 19.6 Å². The van der Waals surface area contributed by atoms with Gasteiger partial charge in [0.2, 0.25) is 5.91 Å². The fourth-order valence-corrected chi connectivity index (χ4v) is 8.31. The van der Waals surface area contributed by atoms with E-state index in [1.807, 2.05) is 6.08 Å². The van der Waals surface area contributed by atoms with Crippen molar-refractivity contribution in [3.8, 4) is 0 Å². The molecule has 1 amide bonds. The molecule has 6 N–H and O–H groups in total. The van der Waals surface area contributed by atoms with Gasteiger partial charge in [-0.1, -0.05) is 231 Å². The third-order valence-electron chi connectivity index (χ3n) is 11.3. The van der Waals surface area contributed by atoms with Crippen LogP contribution < -0.4 is 11.1 Å². The molecule has 0 rings (SSSR count). The Kier molecular flexibility index (Phi) is 44.2. The van der Waals surface area contributed by atoms with E-state index in [0.29, 0.717) is 12.8 Å². The van der Waals surface area contributed by atoms with Crippen LogP contribution in [-0.4, -0.2) is 59.0 Å². The SMILES string of the molecule is CCCCCCCCCCCC/C=C/CC/C=C/C(O)C(COP(=O)(O)OCCN)NC(=O)CC(O)CCCCCCCCCCCCCCCCCCCCCCC. The van der Waals surface area contributed by atoms with Crippen LogP contribution >= 0.6 is 7.82 Å². The number of phosphoric ester groups is 1. The first-order valence-corrected chi connectivity index (χ1v) is 26.5. The highest BCUT2D eigenvalue weighted by Gasteiger charge is 2.27. The number of carbonyl (C=O) groups is 1. The fourth-order valence-electron chi connectivity index (χ4n) is 7.55. The Labute approximate surface area is 364 Å². The number of phosphoric acid groups is 1. The van der Waals surface area contributed by atoms with Crippen LogP contribution in [0.5, 0.6) is 0 Å². The van der Waals surface area contributed by atoms with Crippen molar-refractivity contribution < 1.29 is 33.5 Å². The van der Waals surface area contributed by atoms with E-state index < -0.39 is 38.6 Å². The second-order valence-corrected chi connectivity index (χ2v) is 18.7. The Morgan fingerprint density at radius 1 is 0.576 bits per heavy atom. The van der Waals surface area contributed by atoms with Crippen molar-refractivity contribution in [1.82, 2.24) is 5.32 Å². The van der Waals surface area contributed by atoms with Crippen LogP contribution in [0.15, 0.2) is 24.3 Å². The van der Waals surface area contributed by atoms with Crippen molar-refractivity contribution in [2.24, 2.45) is 5.73 Å². The van der Waals surface area contributed by atoms with E-state index in [9.17, 15) is 24.5 Å². The largest absolute Gasteiger partial charge is 0.472 e. The molecule has 0 spiro atoms. The zero-order valence-electron chi connectivity index (χ0n) is 38.6. The standard InChI is InChI=1S/C49H97N2O7P/c1-3-5-7-9-11-13-15-17-19-21-22-23-24-25-26-28-30-32-34-36-38-40-46(52)44-49(54)51-47(45-58-59(55,56)57-43-42-50)48(53)41-39-37-35-33-31-29-27-20-18-16-14-12-10-8-6-4-2/h31,33,39,41,46-48,52-53H,3-30,32,34-38,40,42-45,50H2,1-2H3,(H,51,54)(H,55,56)/b33-31+,41-39+. The second kappa shape index (κ2) is 45.0. The van der Waals surface area contributed by atoms with Gasteiger partial charge in [-0.05, 0) is 32.1 Å². The maximum Gasteiger partial charge on any atom is 0.472 e. The number of rotatable bonds is 47. The molecule has 4 atom stereocenters. The number of nitrogens with one attached hydrogen (secondary N) is 1. The number of hydrogen-bond donors (Lipinski definition) is 5. The lowest BCUT2D eigenvalue weighted by molar-refractivity contribution is -0.124. The molecule has 4 unspecified atom stereocenters. The summed E-state index contributed by atoms with van der Waals surface area (Å²) < 4.78 is 22.1. The summed E-state index contributed by atoms with van der Waals surface area (Å²) >= 11 is 0. The number of aliphatic hydroxyl groups excluding tert-OH is 2. The van der Waals surface area contributed by atoms with E-state index in [1.165, 1.54) is 180 Å². The first kappa shape index (κ1) is 57.9. The topological polar surface area (TPSA) is 151 Å². The highest BCUT2D eigenvalue weighted by Crippen LogP contribution is 2.43. The predicted molar refractivity (Wildman–Crippen MR) is 251 cm³/mol. The van der Waals surface area contributed by atoms with Gasteiger partial charge in [-0.2, -0.15) is 0 Å². The Hall–Kier alpha value is -1.06. The van der Waals surface area contributed by atoms with E-state index in [0.717, 1.165) is 32.1 Å². The minimum Gasteiger partial charge on any atom is -0.393 e. The van der Waals surface area contributed by atoms with Crippen molar-refractivity contribution in [3.63, 3.8) is 0 Å². The average Bonchev–Trinajstić information content (AvgIpc) is 3.21. The van der Waals surface area contributed by atoms with Gasteiger partial charge in [-0.25, -0.2) is 4.57 Å². The van der Waals surface area contributed by atoms with Gasteiger partial charge in [0.15, 0.2) is 0 Å². The van der Waals surface area contributed by atoms with Gasteiger partial charge in [0.25, 0.3) is 0 Å². The zero-order valence-corrected chi connectivity index (χ0v) is 39.5. The van der Waals surface area contributed by atoms with Crippen molar-refractivity contribution >= 4 is 13.7 Å². The molecule has 350 valence electrons. The van der Waals surface area contributed by atoms with Crippen LogP contribution in [0.4, 0.5) is 0 Å². The van der Waals surface area contributed by atoms with Crippen molar-refractivity contribution in [3.05, 3.63) is 24.3 Å². The van der Waals surface area contributed by atoms with Gasteiger partial charge in [-0.3, -0.25) is 13.8 Å². The van der Waals surface area contributed by atoms with Crippen molar-refractivity contribution in [2.45, 2.75) is 263 Å². The molecule has 0 saturated carbocycles. The molecule has 0 fully saturated rings. The summed E-state index contributed by atoms with van der Waals surface area (Å²) in [6.45, 7) is 3.98. The number of aliphatic hydroxyl groups is 2. The zero-order chi connectivity index (χ0) is 43.3. The lowest BCUT2D eigenvalue weighted by Gasteiger charge is -2.24. The second-order valence-electron chi connectivity index (χ2n) is 17.2. The summed E-state index contributed by atoms with van der Waals surface area (Å²) in [5, 5.41) is 24.1. The van der Waals surface area contributed by atoms with Gasteiger partial charge in [-0.15, -0.1) is 0 Å². The monoisotopic (exact) mass is 857 g/mol. The molecule has 10 heteroatoms. The smallest absolute Gasteiger partial charge is 0.393 e. The summed E-state index contributed by atoms with van der Waals surface area (Å²) in [6, 6.07) is -0.996. The predicted octanol–water partition coefficient (Wildman–Crippen LogP) is 13.5. The Morgan fingerprint density at radius 3 is 1.41 bits per heavy atom. The molecule has 0 saturated heterocycles. The van der Waals surface area contributed by atoms with Gasteiger partial charge >= 0.3 is 7.82 Å². The molecule has 0 aromatic carbocycles. The molecule has 0 aromatic heterocycles. The van der Waals surface area contributed by atoms with Crippen molar-refractivity contribution in [1.29, 1.82) is 0 Å². The van der Waals surface area contributed by atoms with Gasteiger partial charge in [0, 0.05) is 6.54 Å². The highest BCUT2D eigenvalue weighted by molar-refractivity contribution is 7.47. The molecular weight excluding hydrogens is 760 g/mol. The molecule has 9 nitrogen and oxygen atoms in total. The lowest BCUT2D eigenvalue weighted by Crippen LogP contribution is -2.46. The summed E-state index contributed by atoms with van der Waals surface area (Å²) in [7, 11) is -4.41. The molecule has 0 bridgehead atoms. The maximum atomic E-state index is 12.9. The number of hydrogen-bond acceptors (Lipinski definition) is 7. The Bertz CT molecular complexity index is 997. The number of allylic oxidation sites excluding steroid dienone is 3. The molecule has 0 heterocycles. The lowest BCUT2D eigenvalue weighted by atomic mass is 10.0. The quantitative estimate of drug-likeness (QED) is 0.0230. The summed E-state index contributed by atoms with van der Waals surface area (Å²) in [5.41, 5.74) is 5.37. The minimum absolute atomic E-state index is 0.0462. The summed E-state index contributed by atoms with van der Waals surface area (Å²) in [6.07, 6.45) is 49.9.